The predicted molar refractivity (Wildman–Crippen MR) is 114 cm³/mol. The number of hydrogen-bond donors (Lipinski definition) is 3. The van der Waals surface area contributed by atoms with Gasteiger partial charge in [-0.1, -0.05) is 53.5 Å². The number of nitrogens with one attached hydrogen (secondary N) is 1. The molecule has 1 saturated heterocycles. The van der Waals surface area contributed by atoms with Gasteiger partial charge in [-0.15, -0.1) is 12.6 Å². The molecule has 2 aromatic rings. The number of amides is 1. The maximum atomic E-state index is 13.5. The highest BCUT2D eigenvalue weighted by Gasteiger charge is 2.52. The summed E-state index contributed by atoms with van der Waals surface area (Å²) in [5.74, 6) is -0.254. The second-order valence-corrected chi connectivity index (χ2v) is 9.50. The Balaban J connectivity index is 2.40. The van der Waals surface area contributed by atoms with Crippen molar-refractivity contribution >= 4 is 44.6 Å². The number of halogens is 1. The summed E-state index contributed by atoms with van der Waals surface area (Å²) in [6.45, 7) is 1.91. The molecular weight excluding hydrogens is 464 g/mol. The van der Waals surface area contributed by atoms with Crippen molar-refractivity contribution in [1.29, 1.82) is 0 Å². The maximum absolute atomic E-state index is 13.5. The van der Waals surface area contributed by atoms with Gasteiger partial charge in [0.05, 0.1) is 4.90 Å². The van der Waals surface area contributed by atoms with E-state index in [0.29, 0.717) is 29.5 Å². The molecule has 9 heteroatoms. The maximum Gasteiger partial charge on any atom is 0.294 e. The first-order chi connectivity index (χ1) is 13.1. The molecule has 1 fully saturated rings. The van der Waals surface area contributed by atoms with Gasteiger partial charge in [-0.3, -0.25) is 14.7 Å². The van der Waals surface area contributed by atoms with Gasteiger partial charge in [0.25, 0.3) is 16.0 Å². The normalized spacial score (nSPS) is 22.7. The molecule has 0 saturated carbocycles. The van der Waals surface area contributed by atoms with Crippen molar-refractivity contribution < 1.29 is 17.8 Å². The van der Waals surface area contributed by atoms with Crippen LogP contribution in [0.4, 0.5) is 0 Å². The summed E-state index contributed by atoms with van der Waals surface area (Å²) in [5.41, 5.74) is -0.313. The van der Waals surface area contributed by atoms with E-state index in [4.69, 9.17) is 0 Å². The van der Waals surface area contributed by atoms with Gasteiger partial charge in [0.15, 0.2) is 5.54 Å². The molecule has 6 nitrogen and oxygen atoms in total. The van der Waals surface area contributed by atoms with Crippen LogP contribution in [0.2, 0.25) is 0 Å². The molecule has 0 spiro atoms. The predicted octanol–water partition coefficient (Wildman–Crippen LogP) is 3.17. The Hall–Kier alpha value is -1.39. The van der Waals surface area contributed by atoms with Gasteiger partial charge >= 0.3 is 0 Å². The van der Waals surface area contributed by atoms with Crippen LogP contribution in [0.25, 0.3) is 0 Å². The minimum Gasteiger partial charge on any atom is -0.319 e. The number of nitrogens with zero attached hydrogens (tertiary/aromatic N) is 1. The zero-order valence-electron chi connectivity index (χ0n) is 15.4. The molecule has 0 aliphatic carbocycles. The molecule has 1 amide bonds. The average Bonchev–Trinajstić information content (AvgIpc) is 2.86. The van der Waals surface area contributed by atoms with Gasteiger partial charge in [0.1, 0.15) is 5.50 Å². The Morgan fingerprint density at radius 1 is 1.29 bits per heavy atom. The van der Waals surface area contributed by atoms with E-state index < -0.39 is 21.2 Å². The largest absolute Gasteiger partial charge is 0.319 e. The van der Waals surface area contributed by atoms with Crippen LogP contribution in [-0.4, -0.2) is 36.3 Å². The van der Waals surface area contributed by atoms with E-state index in [9.17, 15) is 17.8 Å². The van der Waals surface area contributed by atoms with Gasteiger partial charge in [-0.2, -0.15) is 8.42 Å². The third kappa shape index (κ3) is 3.50. The SMILES string of the molecule is CCCc1c(C2(c3cccc(Br)c3)NC(S)N(C)C2=O)cccc1S(=O)(=O)O. The van der Waals surface area contributed by atoms with Gasteiger partial charge in [-0.25, -0.2) is 0 Å². The lowest BCUT2D eigenvalue weighted by Gasteiger charge is -2.31. The third-order valence-corrected chi connectivity index (χ3v) is 6.83. The van der Waals surface area contributed by atoms with Gasteiger partial charge in [-0.05, 0) is 41.3 Å². The summed E-state index contributed by atoms with van der Waals surface area (Å²) >= 11 is 7.91. The summed E-state index contributed by atoms with van der Waals surface area (Å²) in [4.78, 5) is 14.7. The molecular formula is C19H21BrN2O4S2. The Morgan fingerprint density at radius 3 is 2.50 bits per heavy atom. The highest BCUT2D eigenvalue weighted by atomic mass is 79.9. The quantitative estimate of drug-likeness (QED) is 0.448. The summed E-state index contributed by atoms with van der Waals surface area (Å²) in [6, 6.07) is 11.9. The molecule has 2 unspecified atom stereocenters. The number of likely N-dealkylation sites (N-methyl/N-ethyl adjacent to an activating group) is 1. The van der Waals surface area contributed by atoms with Crippen LogP contribution in [0, 0.1) is 0 Å². The van der Waals surface area contributed by atoms with E-state index in [1.54, 1.807) is 13.1 Å². The molecule has 2 aromatic carbocycles. The third-order valence-electron chi connectivity index (χ3n) is 4.93. The lowest BCUT2D eigenvalue weighted by Crippen LogP contribution is -2.46. The van der Waals surface area contributed by atoms with E-state index in [1.165, 1.54) is 17.0 Å². The van der Waals surface area contributed by atoms with E-state index in [1.807, 2.05) is 31.2 Å². The Morgan fingerprint density at radius 2 is 1.96 bits per heavy atom. The molecule has 1 heterocycles. The number of hydrogen-bond acceptors (Lipinski definition) is 5. The van der Waals surface area contributed by atoms with E-state index in [-0.39, 0.29) is 10.8 Å². The number of carbonyl (C=O) groups excluding carboxylic acids is 1. The summed E-state index contributed by atoms with van der Waals surface area (Å²) < 4.78 is 34.6. The Kier molecular flexibility index (Phi) is 5.94. The molecule has 2 N–H and O–H groups in total. The molecule has 0 radical (unpaired) electrons. The minimum absolute atomic E-state index is 0.180. The molecule has 28 heavy (non-hydrogen) atoms. The van der Waals surface area contributed by atoms with Crippen LogP contribution < -0.4 is 5.32 Å². The van der Waals surface area contributed by atoms with Crippen LogP contribution >= 0.6 is 28.6 Å². The van der Waals surface area contributed by atoms with Gasteiger partial charge in [0.2, 0.25) is 0 Å². The van der Waals surface area contributed by atoms with Crippen LogP contribution in [0.15, 0.2) is 51.8 Å². The molecule has 1 aliphatic rings. The number of thiol groups is 1. The second-order valence-electron chi connectivity index (χ2n) is 6.70. The lowest BCUT2D eigenvalue weighted by atomic mass is 9.79. The standard InChI is InChI=1S/C19H21BrN2O4S2/c1-3-6-14-15(9-5-10-16(14)28(24,25)26)19(12-7-4-8-13(20)11-12)17(23)22(2)18(27)21-19/h4-5,7-11,18,21,27H,3,6H2,1-2H3,(H,24,25,26). The summed E-state index contributed by atoms with van der Waals surface area (Å²) in [5, 5.41) is 3.25. The topological polar surface area (TPSA) is 86.7 Å². The first-order valence-corrected chi connectivity index (χ1v) is 11.5. The van der Waals surface area contributed by atoms with Crippen LogP contribution in [0.1, 0.15) is 30.0 Å². The smallest absolute Gasteiger partial charge is 0.294 e. The average molecular weight is 485 g/mol. The number of benzene rings is 2. The van der Waals surface area contributed by atoms with Crippen LogP contribution in [0.5, 0.6) is 0 Å². The molecule has 1 aliphatic heterocycles. The van der Waals surface area contributed by atoms with Crippen molar-refractivity contribution in [2.24, 2.45) is 0 Å². The highest BCUT2D eigenvalue weighted by molar-refractivity contribution is 9.10. The molecule has 2 atom stereocenters. The zero-order chi connectivity index (χ0) is 20.7. The second kappa shape index (κ2) is 7.79. The van der Waals surface area contributed by atoms with E-state index in [2.05, 4.69) is 33.9 Å². The van der Waals surface area contributed by atoms with Gasteiger partial charge in [0, 0.05) is 11.5 Å². The summed E-state index contributed by atoms with van der Waals surface area (Å²) in [6.07, 6.45) is 1.03. The van der Waals surface area contributed by atoms with Crippen LogP contribution in [-0.2, 0) is 26.9 Å². The Bertz CT molecular complexity index is 1030. The van der Waals surface area contributed by atoms with Crippen LogP contribution in [0.3, 0.4) is 0 Å². The van der Waals surface area contributed by atoms with Gasteiger partial charge < -0.3 is 4.90 Å². The first kappa shape index (κ1) is 21.3. The highest BCUT2D eigenvalue weighted by Crippen LogP contribution is 2.41. The van der Waals surface area contributed by atoms with Crippen molar-refractivity contribution in [2.75, 3.05) is 7.05 Å². The molecule has 0 bridgehead atoms. The number of rotatable bonds is 5. The van der Waals surface area contributed by atoms with E-state index >= 15 is 0 Å². The monoisotopic (exact) mass is 484 g/mol. The molecule has 0 aromatic heterocycles. The molecule has 150 valence electrons. The van der Waals surface area contributed by atoms with Crippen molar-refractivity contribution in [1.82, 2.24) is 10.2 Å². The fraction of sp³-hybridized carbons (Fsp3) is 0.316. The fourth-order valence-corrected chi connectivity index (χ4v) is 5.14. The molecule has 3 rings (SSSR count). The minimum atomic E-state index is -4.45. The van der Waals surface area contributed by atoms with E-state index in [0.717, 1.165) is 4.47 Å². The summed E-state index contributed by atoms with van der Waals surface area (Å²) in [7, 11) is -2.81. The lowest BCUT2D eigenvalue weighted by molar-refractivity contribution is -0.130. The zero-order valence-corrected chi connectivity index (χ0v) is 18.7. The van der Waals surface area contributed by atoms with Crippen molar-refractivity contribution in [3.63, 3.8) is 0 Å². The van der Waals surface area contributed by atoms with Crippen molar-refractivity contribution in [3.8, 4) is 0 Å². The fourth-order valence-electron chi connectivity index (χ4n) is 3.67. The Labute approximate surface area is 178 Å². The first-order valence-electron chi connectivity index (χ1n) is 8.72. The van der Waals surface area contributed by atoms with Crippen molar-refractivity contribution in [2.45, 2.75) is 35.7 Å². The van der Waals surface area contributed by atoms with Crippen molar-refractivity contribution in [3.05, 3.63) is 63.6 Å². The number of carbonyl (C=O) groups is 1.